The van der Waals surface area contributed by atoms with E-state index in [0.717, 1.165) is 24.1 Å². The highest BCUT2D eigenvalue weighted by atomic mass is 14.8. The van der Waals surface area contributed by atoms with Crippen LogP contribution in [0.3, 0.4) is 0 Å². The van der Waals surface area contributed by atoms with Gasteiger partial charge in [-0.1, -0.05) is 30.9 Å². The van der Waals surface area contributed by atoms with Crippen LogP contribution in [0.4, 0.5) is 11.4 Å². The second-order valence-electron chi connectivity index (χ2n) is 5.64. The van der Waals surface area contributed by atoms with E-state index in [1.54, 1.807) is 0 Å². The normalized spacial score (nSPS) is 15.5. The highest BCUT2D eigenvalue weighted by molar-refractivity contribution is 5.86. The Morgan fingerprint density at radius 3 is 2.27 bits per heavy atom. The predicted molar refractivity (Wildman–Crippen MR) is 97.3 cm³/mol. The molecule has 1 aliphatic carbocycles. The van der Waals surface area contributed by atoms with Gasteiger partial charge < -0.3 is 10.6 Å². The molecule has 2 aromatic rings. The maximum Gasteiger partial charge on any atom is 0.0340 e. The zero-order chi connectivity index (χ0) is 15.5. The Hall–Kier alpha value is -2.48. The maximum absolute atomic E-state index is 4.32. The molecule has 2 nitrogen and oxygen atoms in total. The lowest BCUT2D eigenvalue weighted by Gasteiger charge is -2.22. The first-order chi connectivity index (χ1) is 10.7. The molecule has 0 aliphatic heterocycles. The smallest absolute Gasteiger partial charge is 0.0340 e. The molecule has 0 radical (unpaired) electrons. The largest absolute Gasteiger partial charge is 0.388 e. The first-order valence-electron chi connectivity index (χ1n) is 7.70. The fourth-order valence-corrected chi connectivity index (χ4v) is 2.95. The van der Waals surface area contributed by atoms with E-state index >= 15 is 0 Å². The molecule has 22 heavy (non-hydrogen) atoms. The molecule has 0 atom stereocenters. The SMILES string of the molecule is C=C1/C(=C/c2ccc(NC)cc2)CCc2cc(NC)ccc21. The van der Waals surface area contributed by atoms with Gasteiger partial charge in [0.15, 0.2) is 0 Å². The molecule has 2 heteroatoms. The Bertz CT molecular complexity index is 724. The number of fused-ring (bicyclic) bond motifs is 1. The van der Waals surface area contributed by atoms with Gasteiger partial charge in [0.2, 0.25) is 0 Å². The zero-order valence-corrected chi connectivity index (χ0v) is 13.2. The summed E-state index contributed by atoms with van der Waals surface area (Å²) in [5.41, 5.74) is 8.69. The van der Waals surface area contributed by atoms with Gasteiger partial charge in [0, 0.05) is 25.5 Å². The minimum absolute atomic E-state index is 1.05. The van der Waals surface area contributed by atoms with Gasteiger partial charge in [0.05, 0.1) is 0 Å². The van der Waals surface area contributed by atoms with Crippen LogP contribution in [0, 0.1) is 0 Å². The highest BCUT2D eigenvalue weighted by Gasteiger charge is 2.17. The minimum Gasteiger partial charge on any atom is -0.388 e. The summed E-state index contributed by atoms with van der Waals surface area (Å²) in [5.74, 6) is 0. The van der Waals surface area contributed by atoms with Gasteiger partial charge in [-0.15, -0.1) is 0 Å². The molecule has 0 unspecified atom stereocenters. The molecule has 0 fully saturated rings. The molecule has 0 saturated heterocycles. The quantitative estimate of drug-likeness (QED) is 0.847. The third-order valence-electron chi connectivity index (χ3n) is 4.31. The fraction of sp³-hybridized carbons (Fsp3) is 0.200. The lowest BCUT2D eigenvalue weighted by atomic mass is 9.83. The third kappa shape index (κ3) is 2.77. The van der Waals surface area contributed by atoms with Gasteiger partial charge in [-0.3, -0.25) is 0 Å². The van der Waals surface area contributed by atoms with Crippen LogP contribution in [0.1, 0.15) is 23.1 Å². The average Bonchev–Trinajstić information content (AvgIpc) is 2.57. The molecule has 2 N–H and O–H groups in total. The first kappa shape index (κ1) is 14.5. The average molecular weight is 290 g/mol. The summed E-state index contributed by atoms with van der Waals surface area (Å²) in [5, 5.41) is 6.35. The van der Waals surface area contributed by atoms with E-state index in [-0.39, 0.29) is 0 Å². The van der Waals surface area contributed by atoms with Crippen molar-refractivity contribution < 1.29 is 0 Å². The molecular weight excluding hydrogens is 268 g/mol. The minimum atomic E-state index is 1.05. The summed E-state index contributed by atoms with van der Waals surface area (Å²) < 4.78 is 0. The summed E-state index contributed by atoms with van der Waals surface area (Å²) in [6, 6.07) is 15.0. The summed E-state index contributed by atoms with van der Waals surface area (Å²) >= 11 is 0. The Morgan fingerprint density at radius 1 is 0.909 bits per heavy atom. The van der Waals surface area contributed by atoms with Gasteiger partial charge >= 0.3 is 0 Å². The van der Waals surface area contributed by atoms with Gasteiger partial charge in [0.1, 0.15) is 0 Å². The summed E-state index contributed by atoms with van der Waals surface area (Å²) in [6.45, 7) is 4.32. The standard InChI is InChI=1S/C20H22N2/c1-14-16(12-15-4-8-18(21-2)9-5-15)6-7-17-13-19(22-3)10-11-20(14)17/h4-5,8-13,21-22H,1,6-7H2,2-3H3/b16-12+. The summed E-state index contributed by atoms with van der Waals surface area (Å²) in [6.07, 6.45) is 4.38. The summed E-state index contributed by atoms with van der Waals surface area (Å²) in [7, 11) is 3.90. The number of hydrogen-bond acceptors (Lipinski definition) is 2. The molecule has 0 spiro atoms. The van der Waals surface area contributed by atoms with E-state index in [0.29, 0.717) is 0 Å². The van der Waals surface area contributed by atoms with E-state index in [1.807, 2.05) is 14.1 Å². The number of rotatable bonds is 3. The molecule has 2 aromatic carbocycles. The van der Waals surface area contributed by atoms with Crippen molar-refractivity contribution in [3.8, 4) is 0 Å². The molecule has 0 aromatic heterocycles. The van der Waals surface area contributed by atoms with Crippen molar-refractivity contribution in [3.05, 3.63) is 71.3 Å². The van der Waals surface area contributed by atoms with Crippen LogP contribution >= 0.6 is 0 Å². The van der Waals surface area contributed by atoms with Crippen molar-refractivity contribution in [2.24, 2.45) is 0 Å². The fourth-order valence-electron chi connectivity index (χ4n) is 2.95. The molecule has 0 heterocycles. The van der Waals surface area contributed by atoms with Crippen molar-refractivity contribution in [1.82, 2.24) is 0 Å². The summed E-state index contributed by atoms with van der Waals surface area (Å²) in [4.78, 5) is 0. The number of benzene rings is 2. The van der Waals surface area contributed by atoms with Gasteiger partial charge in [-0.2, -0.15) is 0 Å². The van der Waals surface area contributed by atoms with Crippen LogP contribution in [-0.2, 0) is 6.42 Å². The lowest BCUT2D eigenvalue weighted by Crippen LogP contribution is -2.05. The Kier molecular flexibility index (Phi) is 4.01. The molecule has 0 bridgehead atoms. The molecular formula is C20H22N2. The van der Waals surface area contributed by atoms with Crippen LogP contribution in [0.25, 0.3) is 11.6 Å². The monoisotopic (exact) mass is 290 g/mol. The molecule has 1 aliphatic rings. The topological polar surface area (TPSA) is 24.1 Å². The van der Waals surface area contributed by atoms with Crippen LogP contribution in [-0.4, -0.2) is 14.1 Å². The zero-order valence-electron chi connectivity index (χ0n) is 13.2. The number of anilines is 2. The lowest BCUT2D eigenvalue weighted by molar-refractivity contribution is 0.946. The van der Waals surface area contributed by atoms with E-state index in [4.69, 9.17) is 0 Å². The van der Waals surface area contributed by atoms with Gasteiger partial charge in [-0.25, -0.2) is 0 Å². The van der Waals surface area contributed by atoms with E-state index in [1.165, 1.54) is 28.0 Å². The molecule has 0 saturated carbocycles. The Labute approximate surface area is 132 Å². The van der Waals surface area contributed by atoms with Crippen molar-refractivity contribution in [2.75, 3.05) is 24.7 Å². The highest BCUT2D eigenvalue weighted by Crippen LogP contribution is 2.36. The van der Waals surface area contributed by atoms with Crippen molar-refractivity contribution in [1.29, 1.82) is 0 Å². The van der Waals surface area contributed by atoms with Crippen molar-refractivity contribution in [3.63, 3.8) is 0 Å². The van der Waals surface area contributed by atoms with Crippen LogP contribution < -0.4 is 10.6 Å². The third-order valence-corrected chi connectivity index (χ3v) is 4.31. The Balaban J connectivity index is 1.89. The second-order valence-corrected chi connectivity index (χ2v) is 5.64. The van der Waals surface area contributed by atoms with Gasteiger partial charge in [0.25, 0.3) is 0 Å². The van der Waals surface area contributed by atoms with Gasteiger partial charge in [-0.05, 0) is 64.9 Å². The van der Waals surface area contributed by atoms with Crippen LogP contribution in [0.15, 0.2) is 54.6 Å². The van der Waals surface area contributed by atoms with E-state index in [9.17, 15) is 0 Å². The second kappa shape index (κ2) is 6.10. The Morgan fingerprint density at radius 2 is 1.59 bits per heavy atom. The van der Waals surface area contributed by atoms with E-state index < -0.39 is 0 Å². The molecule has 0 amide bonds. The van der Waals surface area contributed by atoms with Crippen molar-refractivity contribution >= 4 is 23.0 Å². The van der Waals surface area contributed by atoms with Crippen LogP contribution in [0.2, 0.25) is 0 Å². The van der Waals surface area contributed by atoms with E-state index in [2.05, 4.69) is 65.8 Å². The maximum atomic E-state index is 4.32. The number of aryl methyl sites for hydroxylation is 1. The number of allylic oxidation sites excluding steroid dienone is 2. The predicted octanol–water partition coefficient (Wildman–Crippen LogP) is 4.81. The number of nitrogens with one attached hydrogen (secondary N) is 2. The molecule has 3 rings (SSSR count). The van der Waals surface area contributed by atoms with Crippen molar-refractivity contribution in [2.45, 2.75) is 12.8 Å². The van der Waals surface area contributed by atoms with Crippen LogP contribution in [0.5, 0.6) is 0 Å². The number of hydrogen-bond donors (Lipinski definition) is 2. The molecule has 112 valence electrons. The first-order valence-corrected chi connectivity index (χ1v) is 7.70.